The molecule has 5 heteroatoms. The summed E-state index contributed by atoms with van der Waals surface area (Å²) in [6.07, 6.45) is 2.76. The van der Waals surface area contributed by atoms with E-state index in [2.05, 4.69) is 88.8 Å². The predicted octanol–water partition coefficient (Wildman–Crippen LogP) is 4.08. The smallest absolute Gasteiger partial charge is 0.114 e. The highest BCUT2D eigenvalue weighted by molar-refractivity contribution is 14.3. The van der Waals surface area contributed by atoms with Gasteiger partial charge in [-0.05, 0) is 18.8 Å². The van der Waals surface area contributed by atoms with Crippen LogP contribution in [-0.4, -0.2) is 17.7 Å². The first-order valence-corrected chi connectivity index (χ1v) is 8.19. The Morgan fingerprint density at radius 2 is 1.58 bits per heavy atom. The van der Waals surface area contributed by atoms with Gasteiger partial charge in [0.25, 0.3) is 0 Å². The minimum absolute atomic E-state index is 0.743. The summed E-state index contributed by atoms with van der Waals surface area (Å²) in [5.41, 5.74) is 0. The lowest BCUT2D eigenvalue weighted by atomic mass is 10.0. The maximum absolute atomic E-state index is 2.76. The fraction of sp³-hybridized carbons (Fsp3) is 1.00. The second-order valence-corrected chi connectivity index (χ2v) is 14.6. The highest BCUT2D eigenvalue weighted by atomic mass is 127. The monoisotopic (exact) mass is 525 g/mol. The van der Waals surface area contributed by atoms with Gasteiger partial charge >= 0.3 is 0 Å². The molecule has 1 aliphatic rings. The minimum atomic E-state index is 0.743. The quantitative estimate of drug-likeness (QED) is 0.262. The Morgan fingerprint density at radius 1 is 1.25 bits per heavy atom. The van der Waals surface area contributed by atoms with Gasteiger partial charge in [0.05, 0.1) is 0 Å². The SMILES string of the molecule is CC1CCN(P)CC1.IC(I)I. The van der Waals surface area contributed by atoms with E-state index in [-0.39, 0.29) is 0 Å². The molecule has 0 saturated carbocycles. The third-order valence-electron chi connectivity index (χ3n) is 1.82. The molecule has 0 N–H and O–H groups in total. The van der Waals surface area contributed by atoms with Gasteiger partial charge in [0.2, 0.25) is 0 Å². The van der Waals surface area contributed by atoms with Crippen molar-refractivity contribution in [2.24, 2.45) is 5.92 Å². The van der Waals surface area contributed by atoms with Crippen molar-refractivity contribution in [2.75, 3.05) is 13.1 Å². The highest BCUT2D eigenvalue weighted by Gasteiger charge is 2.10. The highest BCUT2D eigenvalue weighted by Crippen LogP contribution is 2.17. The summed E-state index contributed by atoms with van der Waals surface area (Å²) in [5.74, 6) is 0.965. The number of hydrogen-bond acceptors (Lipinski definition) is 1. The average molecular weight is 525 g/mol. The molecule has 1 atom stereocenters. The summed E-state index contributed by atoms with van der Waals surface area (Å²) < 4.78 is 3.06. The van der Waals surface area contributed by atoms with Crippen LogP contribution in [0.3, 0.4) is 0 Å². The van der Waals surface area contributed by atoms with Crippen molar-refractivity contribution in [1.29, 1.82) is 0 Å². The summed E-state index contributed by atoms with van der Waals surface area (Å²) in [5, 5.41) is 0. The van der Waals surface area contributed by atoms with E-state index in [1.165, 1.54) is 25.9 Å². The van der Waals surface area contributed by atoms with Crippen molar-refractivity contribution in [3.8, 4) is 0 Å². The lowest BCUT2D eigenvalue weighted by Gasteiger charge is -2.25. The maximum atomic E-state index is 2.76. The summed E-state index contributed by atoms with van der Waals surface area (Å²) in [7, 11) is 2.76. The van der Waals surface area contributed by atoms with E-state index in [1.54, 1.807) is 0 Å². The molecule has 0 radical (unpaired) electrons. The molecule has 1 aliphatic heterocycles. The van der Waals surface area contributed by atoms with Gasteiger partial charge in [-0.15, -0.1) is 0 Å². The van der Waals surface area contributed by atoms with Gasteiger partial charge in [0.1, 0.15) is -0.0619 Å². The number of nitrogens with zero attached hydrogens (tertiary/aromatic N) is 1. The third kappa shape index (κ3) is 10.7. The maximum Gasteiger partial charge on any atom is 0.114 e. The molecule has 1 unspecified atom stereocenters. The molecular formula is C7H15I3NP. The van der Waals surface area contributed by atoms with Crippen LogP contribution in [0.25, 0.3) is 0 Å². The van der Waals surface area contributed by atoms with E-state index < -0.39 is 0 Å². The Labute approximate surface area is 119 Å². The van der Waals surface area contributed by atoms with E-state index in [9.17, 15) is 0 Å². The van der Waals surface area contributed by atoms with E-state index >= 15 is 0 Å². The van der Waals surface area contributed by atoms with Crippen molar-refractivity contribution >= 4 is 77.2 Å². The zero-order valence-corrected chi connectivity index (χ0v) is 14.8. The van der Waals surface area contributed by atoms with Crippen LogP contribution in [0.15, 0.2) is 0 Å². The van der Waals surface area contributed by atoms with Crippen LogP contribution in [0, 0.1) is 5.92 Å². The molecule has 1 nitrogen and oxygen atoms in total. The second kappa shape index (κ2) is 8.85. The summed E-state index contributed by atoms with van der Waals surface area (Å²) in [6, 6.07) is 0. The van der Waals surface area contributed by atoms with Crippen LogP contribution < -0.4 is 0 Å². The van der Waals surface area contributed by atoms with E-state index in [1.807, 2.05) is 0 Å². The Bertz CT molecular complexity index is 92.1. The molecule has 0 aromatic rings. The standard InChI is InChI=1S/C6H14NP.CHI3/c1-6-2-4-7(8)5-3-6;2-1(3)4/h6H,2-5,8H2,1H3;1H. The van der Waals surface area contributed by atoms with Crippen LogP contribution >= 0.6 is 77.2 Å². The molecule has 0 aliphatic carbocycles. The van der Waals surface area contributed by atoms with Crippen LogP contribution in [0.1, 0.15) is 19.8 Å². The van der Waals surface area contributed by atoms with Crippen molar-refractivity contribution in [2.45, 2.75) is 19.7 Å². The fourth-order valence-electron chi connectivity index (χ4n) is 1.03. The largest absolute Gasteiger partial charge is 0.287 e. The molecule has 1 saturated heterocycles. The van der Waals surface area contributed by atoms with Crippen LogP contribution in [0.5, 0.6) is 0 Å². The zero-order chi connectivity index (χ0) is 9.56. The van der Waals surface area contributed by atoms with Gasteiger partial charge in [-0.25, -0.2) is 0 Å². The molecule has 0 spiro atoms. The van der Waals surface area contributed by atoms with Crippen LogP contribution in [0.2, 0.25) is 0 Å². The lowest BCUT2D eigenvalue weighted by Crippen LogP contribution is -2.24. The number of hydrogen-bond donors (Lipinski definition) is 0. The van der Waals surface area contributed by atoms with Gasteiger partial charge in [0, 0.05) is 13.1 Å². The van der Waals surface area contributed by atoms with E-state index in [0.717, 1.165) is 5.86 Å². The number of halogens is 3. The molecular weight excluding hydrogens is 510 g/mol. The van der Waals surface area contributed by atoms with Gasteiger partial charge in [-0.1, -0.05) is 84.1 Å². The Hall–Kier alpha value is 2.58. The van der Waals surface area contributed by atoms with Gasteiger partial charge < -0.3 is 0 Å². The number of piperidine rings is 1. The summed E-state index contributed by atoms with van der Waals surface area (Å²) >= 11 is 6.95. The normalized spacial score (nSPS) is 20.5. The molecule has 0 bridgehead atoms. The summed E-state index contributed by atoms with van der Waals surface area (Å²) in [4.78, 5) is 0. The molecule has 1 fully saturated rings. The molecule has 74 valence electrons. The van der Waals surface area contributed by atoms with Gasteiger partial charge in [-0.3, -0.25) is 4.67 Å². The molecule has 12 heavy (non-hydrogen) atoms. The fourth-order valence-corrected chi connectivity index (χ4v) is 1.33. The average Bonchev–Trinajstić information content (AvgIpc) is 1.94. The minimum Gasteiger partial charge on any atom is -0.287 e. The Kier molecular flexibility index (Phi) is 10.8. The zero-order valence-electron chi connectivity index (χ0n) is 7.14. The topological polar surface area (TPSA) is 3.24 Å². The molecule has 0 aromatic carbocycles. The molecule has 0 amide bonds. The summed E-state index contributed by atoms with van der Waals surface area (Å²) in [6.45, 7) is 4.87. The first-order valence-electron chi connectivity index (χ1n) is 3.94. The first-order chi connectivity index (χ1) is 5.52. The Morgan fingerprint density at radius 3 is 1.83 bits per heavy atom. The van der Waals surface area contributed by atoms with E-state index in [4.69, 9.17) is 0 Å². The van der Waals surface area contributed by atoms with Crippen molar-refractivity contribution in [1.82, 2.24) is 4.67 Å². The predicted molar refractivity (Wildman–Crippen MR) is 85.5 cm³/mol. The molecule has 1 rings (SSSR count). The van der Waals surface area contributed by atoms with Gasteiger partial charge in [0.15, 0.2) is 0 Å². The van der Waals surface area contributed by atoms with Crippen molar-refractivity contribution in [3.63, 3.8) is 0 Å². The van der Waals surface area contributed by atoms with Crippen molar-refractivity contribution in [3.05, 3.63) is 0 Å². The lowest BCUT2D eigenvalue weighted by molar-refractivity contribution is 0.307. The second-order valence-electron chi connectivity index (χ2n) is 2.97. The number of alkyl halides is 3. The van der Waals surface area contributed by atoms with Crippen LogP contribution in [-0.2, 0) is 0 Å². The Balaban J connectivity index is 0.000000261. The molecule has 0 aromatic heterocycles. The van der Waals surface area contributed by atoms with Crippen LogP contribution in [0.4, 0.5) is 0 Å². The molecule has 1 heterocycles. The number of rotatable bonds is 0. The third-order valence-corrected chi connectivity index (χ3v) is 2.33. The first kappa shape index (κ1) is 14.6. The van der Waals surface area contributed by atoms with Gasteiger partial charge in [-0.2, -0.15) is 0 Å². The van der Waals surface area contributed by atoms with Crippen molar-refractivity contribution < 1.29 is 0 Å². The van der Waals surface area contributed by atoms with E-state index in [0.29, 0.717) is 0 Å².